The molecule has 0 unspecified atom stereocenters. The van der Waals surface area contributed by atoms with Crippen LogP contribution >= 0.6 is 31.9 Å². The molecule has 6 heteroatoms. The first kappa shape index (κ1) is 10.8. The second kappa shape index (κ2) is 3.88. The van der Waals surface area contributed by atoms with Crippen LogP contribution in [-0.2, 0) is 0 Å². The number of hydrogen-bond donors (Lipinski definition) is 0. The zero-order valence-corrected chi connectivity index (χ0v) is 9.12. The zero-order chi connectivity index (χ0) is 10.1. The molecule has 0 spiro atoms. The highest BCUT2D eigenvalue weighted by atomic mass is 79.9. The number of halogens is 5. The van der Waals surface area contributed by atoms with Gasteiger partial charge in [0.15, 0.2) is 0 Å². The van der Waals surface area contributed by atoms with Crippen LogP contribution in [0.5, 0.6) is 5.75 Å². The minimum atomic E-state index is -4.67. The summed E-state index contributed by atoms with van der Waals surface area (Å²) in [6, 6.07) is 4.84. The Bertz CT molecular complexity index is 311. The van der Waals surface area contributed by atoms with Gasteiger partial charge in [0, 0.05) is 15.0 Å². The van der Waals surface area contributed by atoms with Crippen LogP contribution in [0.4, 0.5) is 13.2 Å². The first-order valence-electron chi connectivity index (χ1n) is 3.01. The fourth-order valence-corrected chi connectivity index (χ4v) is 1.19. The number of hydrogen-bond acceptors (Lipinski definition) is 1. The molecule has 0 saturated carbocycles. The quantitative estimate of drug-likeness (QED) is 0.763. The fourth-order valence-electron chi connectivity index (χ4n) is 0.626. The third-order valence-electron chi connectivity index (χ3n) is 1.05. The zero-order valence-electron chi connectivity index (χ0n) is 5.95. The van der Waals surface area contributed by atoms with E-state index in [1.54, 1.807) is 0 Å². The van der Waals surface area contributed by atoms with Crippen LogP contribution in [0, 0.1) is 6.07 Å². The molecule has 1 rings (SSSR count). The van der Waals surface area contributed by atoms with E-state index in [1.165, 1.54) is 6.07 Å². The number of alkyl halides is 3. The molecule has 71 valence electrons. The van der Waals surface area contributed by atoms with Gasteiger partial charge in [0.1, 0.15) is 5.75 Å². The van der Waals surface area contributed by atoms with Crippen molar-refractivity contribution in [3.05, 3.63) is 27.1 Å². The van der Waals surface area contributed by atoms with Crippen LogP contribution < -0.4 is 4.74 Å². The van der Waals surface area contributed by atoms with Gasteiger partial charge < -0.3 is 4.74 Å². The topological polar surface area (TPSA) is 9.23 Å². The molecule has 0 fully saturated rings. The summed E-state index contributed by atoms with van der Waals surface area (Å²) in [4.78, 5) is 0. The molecule has 0 heterocycles. The Morgan fingerprint density at radius 3 is 2.38 bits per heavy atom. The first-order chi connectivity index (χ1) is 5.88. The van der Waals surface area contributed by atoms with Crippen molar-refractivity contribution >= 4 is 31.9 Å². The van der Waals surface area contributed by atoms with Crippen LogP contribution in [0.2, 0.25) is 0 Å². The van der Waals surface area contributed by atoms with Gasteiger partial charge in [-0.15, -0.1) is 13.2 Å². The van der Waals surface area contributed by atoms with E-state index in [1.807, 2.05) is 0 Å². The molecule has 0 aliphatic carbocycles. The highest BCUT2D eigenvalue weighted by Crippen LogP contribution is 2.29. The van der Waals surface area contributed by atoms with Gasteiger partial charge in [-0.25, -0.2) is 0 Å². The third kappa shape index (κ3) is 3.56. The summed E-state index contributed by atoms with van der Waals surface area (Å²) in [7, 11) is 0. The Balaban J connectivity index is 2.86. The van der Waals surface area contributed by atoms with Gasteiger partial charge in [0.05, 0.1) is 0 Å². The lowest BCUT2D eigenvalue weighted by Gasteiger charge is -2.08. The molecule has 0 amide bonds. The van der Waals surface area contributed by atoms with E-state index in [0.717, 1.165) is 6.07 Å². The van der Waals surface area contributed by atoms with E-state index in [4.69, 9.17) is 0 Å². The summed E-state index contributed by atoms with van der Waals surface area (Å²) < 4.78 is 39.8. The normalized spacial score (nSPS) is 11.5. The summed E-state index contributed by atoms with van der Waals surface area (Å²) in [5.41, 5.74) is 0. The van der Waals surface area contributed by atoms with Gasteiger partial charge in [0.2, 0.25) is 0 Å². The van der Waals surface area contributed by atoms with E-state index in [0.29, 0.717) is 8.95 Å². The SMILES string of the molecule is FC(F)(F)Oc1c[c]c(Br)c(Br)c1. The Morgan fingerprint density at radius 2 is 1.92 bits per heavy atom. The number of ether oxygens (including phenoxy) is 1. The van der Waals surface area contributed by atoms with Gasteiger partial charge in [0.25, 0.3) is 0 Å². The predicted molar refractivity (Wildman–Crippen MR) is 47.4 cm³/mol. The predicted octanol–water partition coefficient (Wildman–Crippen LogP) is 3.91. The van der Waals surface area contributed by atoms with Crippen LogP contribution in [0.15, 0.2) is 21.1 Å². The summed E-state index contributed by atoms with van der Waals surface area (Å²) in [6.07, 6.45) is -4.67. The highest BCUT2D eigenvalue weighted by Gasteiger charge is 2.31. The molecule has 0 atom stereocenters. The van der Waals surface area contributed by atoms with Crippen LogP contribution in [0.1, 0.15) is 0 Å². The molecule has 1 nitrogen and oxygen atoms in total. The number of benzene rings is 1. The molecule has 0 aromatic heterocycles. The lowest BCUT2D eigenvalue weighted by Crippen LogP contribution is -2.17. The molecule has 0 aliphatic heterocycles. The Morgan fingerprint density at radius 1 is 1.31 bits per heavy atom. The standard InChI is InChI=1S/C7H2Br2F3O/c8-5-2-1-4(3-6(5)9)13-7(10,11)12/h1,3H. The fraction of sp³-hybridized carbons (Fsp3) is 0.143. The lowest BCUT2D eigenvalue weighted by atomic mass is 10.3. The molecular formula is C7H2Br2F3O. The van der Waals surface area contributed by atoms with Gasteiger partial charge in [-0.2, -0.15) is 0 Å². The maximum Gasteiger partial charge on any atom is 0.573 e. The van der Waals surface area contributed by atoms with Gasteiger partial charge >= 0.3 is 6.36 Å². The number of rotatable bonds is 1. The lowest BCUT2D eigenvalue weighted by molar-refractivity contribution is -0.274. The maximum absolute atomic E-state index is 11.7. The molecule has 1 radical (unpaired) electrons. The first-order valence-corrected chi connectivity index (χ1v) is 4.59. The second-order valence-electron chi connectivity index (χ2n) is 2.05. The average Bonchev–Trinajstić information content (AvgIpc) is 1.94. The summed E-state index contributed by atoms with van der Waals surface area (Å²) in [5.74, 6) is -0.303. The van der Waals surface area contributed by atoms with Crippen molar-refractivity contribution in [2.75, 3.05) is 0 Å². The van der Waals surface area contributed by atoms with Gasteiger partial charge in [-0.1, -0.05) is 0 Å². The van der Waals surface area contributed by atoms with Crippen LogP contribution in [0.3, 0.4) is 0 Å². The summed E-state index contributed by atoms with van der Waals surface area (Å²) >= 11 is 6.10. The van der Waals surface area contributed by atoms with E-state index in [9.17, 15) is 13.2 Å². The molecule has 0 N–H and O–H groups in total. The van der Waals surface area contributed by atoms with Gasteiger partial charge in [-0.3, -0.25) is 0 Å². The molecular weight excluding hydrogens is 317 g/mol. The van der Waals surface area contributed by atoms with Crippen molar-refractivity contribution in [3.63, 3.8) is 0 Å². The molecule has 0 bridgehead atoms. The monoisotopic (exact) mass is 317 g/mol. The minimum absolute atomic E-state index is 0.303. The molecule has 0 saturated heterocycles. The van der Waals surface area contributed by atoms with Crippen molar-refractivity contribution in [1.82, 2.24) is 0 Å². The Kier molecular flexibility index (Phi) is 3.23. The van der Waals surface area contributed by atoms with E-state index < -0.39 is 6.36 Å². The van der Waals surface area contributed by atoms with Crippen LogP contribution in [-0.4, -0.2) is 6.36 Å². The van der Waals surface area contributed by atoms with E-state index >= 15 is 0 Å². The molecule has 1 aromatic rings. The van der Waals surface area contributed by atoms with E-state index in [2.05, 4.69) is 42.7 Å². The maximum atomic E-state index is 11.7. The highest BCUT2D eigenvalue weighted by molar-refractivity contribution is 9.13. The third-order valence-corrected chi connectivity index (χ3v) is 2.87. The smallest absolute Gasteiger partial charge is 0.406 e. The summed E-state index contributed by atoms with van der Waals surface area (Å²) in [5, 5.41) is 0. The average molecular weight is 319 g/mol. The Hall–Kier alpha value is -0.230. The summed E-state index contributed by atoms with van der Waals surface area (Å²) in [6.45, 7) is 0. The van der Waals surface area contributed by atoms with Crippen molar-refractivity contribution < 1.29 is 17.9 Å². The van der Waals surface area contributed by atoms with Gasteiger partial charge in [-0.05, 0) is 44.0 Å². The largest absolute Gasteiger partial charge is 0.573 e. The van der Waals surface area contributed by atoms with Crippen molar-refractivity contribution in [2.24, 2.45) is 0 Å². The molecule has 0 aliphatic rings. The van der Waals surface area contributed by atoms with Crippen molar-refractivity contribution in [3.8, 4) is 5.75 Å². The van der Waals surface area contributed by atoms with Crippen molar-refractivity contribution in [1.29, 1.82) is 0 Å². The van der Waals surface area contributed by atoms with Crippen molar-refractivity contribution in [2.45, 2.75) is 6.36 Å². The molecule has 1 aromatic carbocycles. The van der Waals surface area contributed by atoms with E-state index in [-0.39, 0.29) is 5.75 Å². The second-order valence-corrected chi connectivity index (χ2v) is 3.69. The minimum Gasteiger partial charge on any atom is -0.406 e. The molecule has 13 heavy (non-hydrogen) atoms. The van der Waals surface area contributed by atoms with Crippen LogP contribution in [0.25, 0.3) is 0 Å². The Labute approximate surface area is 89.1 Å².